The minimum atomic E-state index is -2.66. The first kappa shape index (κ1) is 29.5. The van der Waals surface area contributed by atoms with E-state index in [9.17, 15) is 44.9 Å². The second kappa shape index (κ2) is 10.4. The van der Waals surface area contributed by atoms with E-state index in [1.54, 1.807) is 25.1 Å². The fourth-order valence-corrected chi connectivity index (χ4v) is 6.34. The Hall–Kier alpha value is -5.02. The van der Waals surface area contributed by atoms with Gasteiger partial charge in [0.25, 0.3) is 11.6 Å². The summed E-state index contributed by atoms with van der Waals surface area (Å²) in [7, 11) is 3.45. The van der Waals surface area contributed by atoms with Crippen LogP contribution in [0.4, 0.5) is 22.7 Å². The van der Waals surface area contributed by atoms with Crippen molar-refractivity contribution in [3.8, 4) is 5.75 Å². The Bertz CT molecular complexity index is 1700. The van der Waals surface area contributed by atoms with E-state index < -0.39 is 62.7 Å². The third-order valence-corrected chi connectivity index (χ3v) is 8.31. The maximum atomic E-state index is 14.0. The lowest BCUT2D eigenvalue weighted by Gasteiger charge is -2.46. The number of phenolic OH excluding ortho intramolecular Hbond substituents is 1. The number of nitrogens with two attached hydrogens (primary N) is 1. The summed E-state index contributed by atoms with van der Waals surface area (Å²) in [5.41, 5.74) is 2.60. The summed E-state index contributed by atoms with van der Waals surface area (Å²) in [6.07, 6.45) is -0.162. The van der Waals surface area contributed by atoms with Crippen LogP contribution in [0.1, 0.15) is 28.8 Å². The van der Waals surface area contributed by atoms with Gasteiger partial charge >= 0.3 is 0 Å². The standard InChI is InChI=1S/C28H27N5O9S/c1-32(2)17-10-16(31-27(43)30-13-3-5-14(6-4-13)33(41)42)22(35)20-15(17)8-11-7-12-9-18(34)21(26(29)39)25(38)28(12,40)24(37)19(11)23(20)36/h3-6,10-12,34-35,37,40H,7-9H2,1-2H3,(H2,29,39)(H2,30,31,43)/t11-,12+,28+/m1/s1. The van der Waals surface area contributed by atoms with Crippen molar-refractivity contribution in [1.29, 1.82) is 0 Å². The van der Waals surface area contributed by atoms with Gasteiger partial charge in [0, 0.05) is 55.5 Å². The third-order valence-electron chi connectivity index (χ3n) is 8.10. The fraction of sp³-hybridized carbons (Fsp3) is 0.286. The number of rotatable bonds is 5. The fourth-order valence-electron chi connectivity index (χ4n) is 6.11. The van der Waals surface area contributed by atoms with Gasteiger partial charge in [-0.05, 0) is 54.7 Å². The molecule has 0 saturated heterocycles. The predicted octanol–water partition coefficient (Wildman–Crippen LogP) is 2.36. The zero-order valence-corrected chi connectivity index (χ0v) is 23.7. The van der Waals surface area contributed by atoms with E-state index in [2.05, 4.69) is 10.6 Å². The number of hydrogen-bond acceptors (Lipinski definition) is 11. The molecule has 3 aliphatic rings. The number of nitrogens with zero attached hydrogens (tertiary/aromatic N) is 2. The Labute approximate surface area is 249 Å². The van der Waals surface area contributed by atoms with Gasteiger partial charge in [-0.25, -0.2) is 0 Å². The molecule has 0 bridgehead atoms. The molecular weight excluding hydrogens is 582 g/mol. The number of carbonyl (C=O) groups is 3. The molecule has 1 amide bonds. The van der Waals surface area contributed by atoms with E-state index >= 15 is 0 Å². The van der Waals surface area contributed by atoms with Crippen molar-refractivity contribution in [1.82, 2.24) is 0 Å². The number of thiocarbonyl (C=S) groups is 1. The number of nitrogens with one attached hydrogen (secondary N) is 2. The molecule has 0 aromatic heterocycles. The number of carbonyl (C=O) groups excluding carboxylic acids is 3. The number of allylic oxidation sites excluding steroid dienone is 2. The van der Waals surface area contributed by atoms with Gasteiger partial charge in [-0.2, -0.15) is 0 Å². The quantitative estimate of drug-likeness (QED) is 0.0850. The predicted molar refractivity (Wildman–Crippen MR) is 158 cm³/mol. The maximum Gasteiger partial charge on any atom is 0.269 e. The lowest BCUT2D eigenvalue weighted by atomic mass is 9.60. The highest BCUT2D eigenvalue weighted by Crippen LogP contribution is 2.53. The number of benzene rings is 2. The molecular formula is C28H27N5O9S. The van der Waals surface area contributed by atoms with Crippen LogP contribution in [0.3, 0.4) is 0 Å². The largest absolute Gasteiger partial charge is 0.511 e. The number of aliphatic hydroxyl groups excluding tert-OH is 2. The van der Waals surface area contributed by atoms with Gasteiger partial charge in [0.05, 0.1) is 16.2 Å². The molecule has 0 saturated carbocycles. The normalized spacial score (nSPS) is 22.8. The second-order valence-electron chi connectivity index (χ2n) is 10.8. The molecule has 2 aromatic carbocycles. The second-order valence-corrected chi connectivity index (χ2v) is 11.2. The molecule has 14 nitrogen and oxygen atoms in total. The number of nitro benzene ring substituents is 1. The van der Waals surface area contributed by atoms with Crippen LogP contribution in [0.15, 0.2) is 53.0 Å². The number of ketones is 2. The highest BCUT2D eigenvalue weighted by molar-refractivity contribution is 7.80. The van der Waals surface area contributed by atoms with Gasteiger partial charge in [-0.15, -0.1) is 0 Å². The Balaban J connectivity index is 1.54. The number of aliphatic hydroxyl groups is 3. The summed E-state index contributed by atoms with van der Waals surface area (Å²) in [6.45, 7) is 0. The first-order valence-corrected chi connectivity index (χ1v) is 13.4. The van der Waals surface area contributed by atoms with Crippen LogP contribution < -0.4 is 21.3 Å². The number of hydrogen-bond donors (Lipinski definition) is 7. The van der Waals surface area contributed by atoms with E-state index in [1.165, 1.54) is 24.3 Å². The Kier molecular flexibility index (Phi) is 7.10. The molecule has 0 unspecified atom stereocenters. The highest BCUT2D eigenvalue weighted by Gasteiger charge is 2.59. The van der Waals surface area contributed by atoms with Crippen LogP contribution in [0.5, 0.6) is 5.75 Å². The maximum absolute atomic E-state index is 14.0. The van der Waals surface area contributed by atoms with Crippen molar-refractivity contribution >= 4 is 57.6 Å². The van der Waals surface area contributed by atoms with Crippen LogP contribution in [-0.2, 0) is 16.0 Å². The minimum Gasteiger partial charge on any atom is -0.511 e. The van der Waals surface area contributed by atoms with Crippen LogP contribution in [-0.4, -0.2) is 67.6 Å². The Morgan fingerprint density at radius 1 is 1.14 bits per heavy atom. The summed E-state index contributed by atoms with van der Waals surface area (Å²) in [6, 6.07) is 7.02. The van der Waals surface area contributed by atoms with Crippen LogP contribution in [0.2, 0.25) is 0 Å². The lowest BCUT2D eigenvalue weighted by Crippen LogP contribution is -2.57. The smallest absolute Gasteiger partial charge is 0.269 e. The van der Waals surface area contributed by atoms with E-state index in [1.807, 2.05) is 0 Å². The highest BCUT2D eigenvalue weighted by atomic mass is 32.1. The first-order valence-electron chi connectivity index (χ1n) is 13.0. The number of primary amides is 1. The van der Waals surface area contributed by atoms with E-state index in [0.717, 1.165) is 0 Å². The summed E-state index contributed by atoms with van der Waals surface area (Å²) >= 11 is 5.35. The molecule has 224 valence electrons. The van der Waals surface area contributed by atoms with Crippen molar-refractivity contribution < 1.29 is 39.7 Å². The molecule has 2 aromatic rings. The Morgan fingerprint density at radius 3 is 2.37 bits per heavy atom. The number of amides is 1. The lowest BCUT2D eigenvalue weighted by molar-refractivity contribution is -0.384. The molecule has 3 atom stereocenters. The number of Topliss-reactive ketones (excluding diaryl/α,β-unsaturated/α-hetero) is 2. The van der Waals surface area contributed by atoms with Gasteiger partial charge < -0.3 is 41.7 Å². The molecule has 0 radical (unpaired) electrons. The average Bonchev–Trinajstić information content (AvgIpc) is 2.92. The van der Waals surface area contributed by atoms with Crippen molar-refractivity contribution in [3.05, 3.63) is 74.2 Å². The molecule has 0 aliphatic heterocycles. The van der Waals surface area contributed by atoms with Gasteiger partial charge in [0.15, 0.2) is 22.2 Å². The van der Waals surface area contributed by atoms with Crippen molar-refractivity contribution in [2.24, 2.45) is 17.6 Å². The van der Waals surface area contributed by atoms with Crippen LogP contribution >= 0.6 is 12.2 Å². The summed E-state index contributed by atoms with van der Waals surface area (Å²) in [5.74, 6) is -7.16. The molecule has 0 heterocycles. The molecule has 0 fully saturated rings. The summed E-state index contributed by atoms with van der Waals surface area (Å²) in [4.78, 5) is 51.1. The topological polar surface area (TPSA) is 229 Å². The molecule has 0 spiro atoms. The third kappa shape index (κ3) is 4.62. The van der Waals surface area contributed by atoms with Crippen molar-refractivity contribution in [2.45, 2.75) is 24.9 Å². The van der Waals surface area contributed by atoms with Crippen molar-refractivity contribution in [2.75, 3.05) is 29.6 Å². The number of non-ortho nitro benzene ring substituents is 1. The molecule has 5 rings (SSSR count). The number of nitro groups is 1. The van der Waals surface area contributed by atoms with Gasteiger partial charge in [-0.1, -0.05) is 0 Å². The van der Waals surface area contributed by atoms with Gasteiger partial charge in [-0.3, -0.25) is 24.5 Å². The zero-order valence-electron chi connectivity index (χ0n) is 22.9. The van der Waals surface area contributed by atoms with E-state index in [-0.39, 0.29) is 46.9 Å². The number of phenols is 1. The van der Waals surface area contributed by atoms with E-state index in [4.69, 9.17) is 18.0 Å². The summed E-state index contributed by atoms with van der Waals surface area (Å²) < 4.78 is 0. The average molecular weight is 610 g/mol. The molecule has 43 heavy (non-hydrogen) atoms. The van der Waals surface area contributed by atoms with Gasteiger partial charge in [0.1, 0.15) is 17.1 Å². The van der Waals surface area contributed by atoms with Crippen LogP contribution in [0, 0.1) is 22.0 Å². The number of aromatic hydroxyl groups is 1. The number of anilines is 3. The first-order chi connectivity index (χ1) is 20.2. The molecule has 8 N–H and O–H groups in total. The zero-order chi connectivity index (χ0) is 31.5. The summed E-state index contributed by atoms with van der Waals surface area (Å²) in [5, 5.41) is 60.9. The molecule has 15 heteroatoms. The molecule has 3 aliphatic carbocycles. The SMILES string of the molecule is CN(C)c1cc(NC(=S)Nc2ccc([N+](=O)[O-])cc2)c(O)c2c1C[C@H]1C[C@H]3CC(O)=C(C(N)=O)C(=O)[C@@]3(O)C(O)=C1C2=O. The Morgan fingerprint density at radius 2 is 1.79 bits per heavy atom. The van der Waals surface area contributed by atoms with Crippen LogP contribution in [0.25, 0.3) is 0 Å². The monoisotopic (exact) mass is 609 g/mol. The van der Waals surface area contributed by atoms with Gasteiger partial charge in [0.2, 0.25) is 5.78 Å². The minimum absolute atomic E-state index is 0.00907. The van der Waals surface area contributed by atoms with Crippen molar-refractivity contribution in [3.63, 3.8) is 0 Å². The van der Waals surface area contributed by atoms with E-state index in [0.29, 0.717) is 16.9 Å². The number of fused-ring (bicyclic) bond motifs is 3.